The van der Waals surface area contributed by atoms with Crippen molar-refractivity contribution in [1.82, 2.24) is 33.9 Å². The number of rotatable bonds is 5. The molecule has 1 fully saturated rings. The summed E-state index contributed by atoms with van der Waals surface area (Å²) in [5.41, 5.74) is 2.27. The van der Waals surface area contributed by atoms with Crippen molar-refractivity contribution in [3.05, 3.63) is 37.1 Å². The molecule has 1 N–H and O–H groups in total. The van der Waals surface area contributed by atoms with Crippen LogP contribution >= 0.6 is 0 Å². The van der Waals surface area contributed by atoms with E-state index in [1.807, 2.05) is 29.8 Å². The van der Waals surface area contributed by atoms with Gasteiger partial charge in [0.25, 0.3) is 5.92 Å². The van der Waals surface area contributed by atoms with E-state index in [2.05, 4.69) is 25.4 Å². The van der Waals surface area contributed by atoms with E-state index in [0.717, 1.165) is 11.1 Å². The molecule has 9 nitrogen and oxygen atoms in total. The average Bonchev–Trinajstić information content (AvgIpc) is 3.40. The summed E-state index contributed by atoms with van der Waals surface area (Å²) in [4.78, 5) is 14.6. The number of imidazole rings is 1. The lowest BCUT2D eigenvalue weighted by Gasteiger charge is -2.38. The van der Waals surface area contributed by atoms with E-state index in [9.17, 15) is 8.78 Å². The molecule has 1 aliphatic rings. The second kappa shape index (κ2) is 7.41. The molecule has 0 saturated carbocycles. The maximum atomic E-state index is 14.6. The van der Waals surface area contributed by atoms with Gasteiger partial charge >= 0.3 is 0 Å². The molecular formula is C20H22F2N8O. The predicted molar refractivity (Wildman–Crippen MR) is 111 cm³/mol. The van der Waals surface area contributed by atoms with Crippen LogP contribution in [0.3, 0.4) is 0 Å². The fourth-order valence-electron chi connectivity index (χ4n) is 4.00. The van der Waals surface area contributed by atoms with Crippen LogP contribution in [0.2, 0.25) is 0 Å². The smallest absolute Gasteiger partial charge is 0.280 e. The number of aromatic nitrogens is 6. The van der Waals surface area contributed by atoms with Crippen LogP contribution in [0.15, 0.2) is 37.1 Å². The van der Waals surface area contributed by atoms with Gasteiger partial charge in [-0.25, -0.2) is 23.3 Å². The summed E-state index contributed by atoms with van der Waals surface area (Å²) in [5.74, 6) is -1.90. The van der Waals surface area contributed by atoms with E-state index in [1.165, 1.54) is 7.11 Å². The quantitative estimate of drug-likeness (QED) is 0.523. The van der Waals surface area contributed by atoms with Crippen molar-refractivity contribution in [3.8, 4) is 17.0 Å². The number of hydrogen-bond donors (Lipinski definition) is 1. The number of methoxy groups -OCH3 is 1. The average molecular weight is 428 g/mol. The van der Waals surface area contributed by atoms with Crippen molar-refractivity contribution in [2.24, 2.45) is 0 Å². The first kappa shape index (κ1) is 19.6. The lowest BCUT2D eigenvalue weighted by molar-refractivity contribution is -0.0726. The SMILES string of the molecule is CCN1CC[C@@H](Nc2nc(OC)c3c(-c4cnc5nccn5c4)ccn3n2)C(F)(F)C1. The summed E-state index contributed by atoms with van der Waals surface area (Å²) in [6.07, 6.45) is 9.15. The Labute approximate surface area is 176 Å². The molecule has 4 aromatic rings. The van der Waals surface area contributed by atoms with Crippen LogP contribution in [0.4, 0.5) is 14.7 Å². The molecule has 0 bridgehead atoms. The van der Waals surface area contributed by atoms with Crippen LogP contribution in [0, 0.1) is 0 Å². The second-order valence-electron chi connectivity index (χ2n) is 7.56. The summed E-state index contributed by atoms with van der Waals surface area (Å²) in [6.45, 7) is 2.80. The predicted octanol–water partition coefficient (Wildman–Crippen LogP) is 2.59. The molecule has 0 aromatic carbocycles. The number of halogens is 2. The van der Waals surface area contributed by atoms with E-state index in [1.54, 1.807) is 28.0 Å². The van der Waals surface area contributed by atoms with Crippen molar-refractivity contribution >= 4 is 17.2 Å². The van der Waals surface area contributed by atoms with Crippen molar-refractivity contribution in [1.29, 1.82) is 0 Å². The van der Waals surface area contributed by atoms with Gasteiger partial charge in [-0.05, 0) is 19.0 Å². The van der Waals surface area contributed by atoms with Crippen LogP contribution in [0.25, 0.3) is 22.4 Å². The lowest BCUT2D eigenvalue weighted by atomic mass is 10.0. The number of nitrogens with zero attached hydrogens (tertiary/aromatic N) is 7. The van der Waals surface area contributed by atoms with Gasteiger partial charge in [-0.2, -0.15) is 4.98 Å². The monoisotopic (exact) mass is 428 g/mol. The molecular weight excluding hydrogens is 406 g/mol. The van der Waals surface area contributed by atoms with E-state index in [4.69, 9.17) is 4.74 Å². The van der Waals surface area contributed by atoms with Gasteiger partial charge in [0.2, 0.25) is 17.6 Å². The van der Waals surface area contributed by atoms with Crippen LogP contribution in [-0.4, -0.2) is 72.6 Å². The zero-order valence-corrected chi connectivity index (χ0v) is 17.2. The molecule has 0 spiro atoms. The van der Waals surface area contributed by atoms with Gasteiger partial charge in [-0.1, -0.05) is 6.92 Å². The molecule has 0 aliphatic carbocycles. The molecule has 31 heavy (non-hydrogen) atoms. The van der Waals surface area contributed by atoms with E-state index in [-0.39, 0.29) is 18.4 Å². The highest BCUT2D eigenvalue weighted by Crippen LogP contribution is 2.33. The molecule has 1 aliphatic heterocycles. The first-order chi connectivity index (χ1) is 15.0. The Morgan fingerprint density at radius 3 is 2.94 bits per heavy atom. The molecule has 1 atom stereocenters. The van der Waals surface area contributed by atoms with Crippen molar-refractivity contribution in [2.75, 3.05) is 32.1 Å². The first-order valence-electron chi connectivity index (χ1n) is 10.1. The minimum Gasteiger partial charge on any atom is -0.479 e. The third-order valence-corrected chi connectivity index (χ3v) is 5.66. The fraction of sp³-hybridized carbons (Fsp3) is 0.400. The van der Waals surface area contributed by atoms with Gasteiger partial charge in [0, 0.05) is 48.7 Å². The first-order valence-corrected chi connectivity index (χ1v) is 10.1. The third kappa shape index (κ3) is 3.44. The van der Waals surface area contributed by atoms with Crippen molar-refractivity contribution < 1.29 is 13.5 Å². The van der Waals surface area contributed by atoms with Crippen LogP contribution in [0.5, 0.6) is 5.88 Å². The van der Waals surface area contributed by atoms with Gasteiger partial charge < -0.3 is 10.1 Å². The van der Waals surface area contributed by atoms with Crippen LogP contribution in [0.1, 0.15) is 13.3 Å². The molecule has 1 saturated heterocycles. The van der Waals surface area contributed by atoms with E-state index < -0.39 is 12.0 Å². The highest BCUT2D eigenvalue weighted by Gasteiger charge is 2.44. The molecule has 5 heterocycles. The second-order valence-corrected chi connectivity index (χ2v) is 7.56. The lowest BCUT2D eigenvalue weighted by Crippen LogP contribution is -2.54. The standard InChI is InChI=1S/C20H22F2N8O/c1-3-28-7-5-15(20(21,22)12-28)25-18-26-17(31-2)16-14(4-8-30(16)27-18)13-10-24-19-23-6-9-29(19)11-13/h4,6,8-11,15H,3,5,7,12H2,1-2H3,(H,25,27)/t15-/m1/s1. The number of alkyl halides is 2. The minimum atomic E-state index is -2.88. The molecule has 0 amide bonds. The Morgan fingerprint density at radius 2 is 2.16 bits per heavy atom. The number of piperidine rings is 1. The highest BCUT2D eigenvalue weighted by atomic mass is 19.3. The summed E-state index contributed by atoms with van der Waals surface area (Å²) >= 11 is 0. The third-order valence-electron chi connectivity index (χ3n) is 5.66. The van der Waals surface area contributed by atoms with Crippen LogP contribution < -0.4 is 10.1 Å². The molecule has 0 radical (unpaired) electrons. The van der Waals surface area contributed by atoms with Crippen molar-refractivity contribution in [3.63, 3.8) is 0 Å². The Kier molecular flexibility index (Phi) is 4.69. The van der Waals surface area contributed by atoms with Gasteiger partial charge in [0.15, 0.2) is 0 Å². The molecule has 4 aromatic heterocycles. The van der Waals surface area contributed by atoms with E-state index >= 15 is 0 Å². The van der Waals surface area contributed by atoms with E-state index in [0.29, 0.717) is 30.8 Å². The molecule has 162 valence electrons. The molecule has 0 unspecified atom stereocenters. The fourth-order valence-corrected chi connectivity index (χ4v) is 4.00. The largest absolute Gasteiger partial charge is 0.479 e. The van der Waals surface area contributed by atoms with Gasteiger partial charge in [0.1, 0.15) is 5.52 Å². The number of fused-ring (bicyclic) bond motifs is 2. The van der Waals surface area contributed by atoms with Gasteiger partial charge in [-0.15, -0.1) is 5.10 Å². The number of nitrogens with one attached hydrogen (secondary N) is 1. The summed E-state index contributed by atoms with van der Waals surface area (Å²) in [6, 6.07) is 0.824. The molecule has 11 heteroatoms. The van der Waals surface area contributed by atoms with Crippen molar-refractivity contribution in [2.45, 2.75) is 25.3 Å². The van der Waals surface area contributed by atoms with Gasteiger partial charge in [-0.3, -0.25) is 9.30 Å². The minimum absolute atomic E-state index is 0.101. The number of anilines is 1. The summed E-state index contributed by atoms with van der Waals surface area (Å²) < 4.78 is 38.1. The maximum absolute atomic E-state index is 14.6. The summed E-state index contributed by atoms with van der Waals surface area (Å²) in [5, 5.41) is 7.24. The number of ether oxygens (including phenoxy) is 1. The number of likely N-dealkylation sites (tertiary alicyclic amines) is 1. The van der Waals surface area contributed by atoms with Crippen LogP contribution in [-0.2, 0) is 0 Å². The Hall–Kier alpha value is -3.34. The Morgan fingerprint density at radius 1 is 1.29 bits per heavy atom. The highest BCUT2D eigenvalue weighted by molar-refractivity contribution is 5.84. The topological polar surface area (TPSA) is 84.9 Å². The number of hydrogen-bond acceptors (Lipinski definition) is 7. The Bertz CT molecular complexity index is 1240. The zero-order valence-electron chi connectivity index (χ0n) is 17.2. The normalized spacial score (nSPS) is 19.2. The summed E-state index contributed by atoms with van der Waals surface area (Å²) in [7, 11) is 1.49. The zero-order chi connectivity index (χ0) is 21.6. The molecule has 5 rings (SSSR count). The maximum Gasteiger partial charge on any atom is 0.280 e. The van der Waals surface area contributed by atoms with Gasteiger partial charge in [0.05, 0.1) is 19.7 Å². The Balaban J connectivity index is 1.50.